The van der Waals surface area contributed by atoms with E-state index in [1.54, 1.807) is 0 Å². The first-order valence-electron chi connectivity index (χ1n) is 4.89. The molecule has 0 aromatic rings. The standard InChI is InChI=1S/C9H17NO4S/c1-10-4-5-14-9(7-10)8(11)3-6-15(2,12)13/h9H,3-7H2,1-2H3. The van der Waals surface area contributed by atoms with Crippen molar-refractivity contribution in [2.24, 2.45) is 0 Å². The molecule has 1 heterocycles. The van der Waals surface area contributed by atoms with E-state index in [-0.39, 0.29) is 18.0 Å². The van der Waals surface area contributed by atoms with Gasteiger partial charge in [-0.25, -0.2) is 8.42 Å². The van der Waals surface area contributed by atoms with Gasteiger partial charge < -0.3 is 9.64 Å². The molecule has 0 aliphatic carbocycles. The summed E-state index contributed by atoms with van der Waals surface area (Å²) in [6, 6.07) is 0. The highest BCUT2D eigenvalue weighted by Gasteiger charge is 2.24. The second-order valence-corrected chi connectivity index (χ2v) is 6.23. The van der Waals surface area contributed by atoms with Crippen LogP contribution in [0.1, 0.15) is 6.42 Å². The van der Waals surface area contributed by atoms with Crippen LogP contribution in [0.2, 0.25) is 0 Å². The van der Waals surface area contributed by atoms with Crippen molar-refractivity contribution < 1.29 is 17.9 Å². The summed E-state index contributed by atoms with van der Waals surface area (Å²) in [5, 5.41) is 0. The molecule has 1 saturated heterocycles. The summed E-state index contributed by atoms with van der Waals surface area (Å²) in [4.78, 5) is 13.6. The molecule has 1 fully saturated rings. The molecule has 1 aliphatic heterocycles. The van der Waals surface area contributed by atoms with Gasteiger partial charge in [0.2, 0.25) is 0 Å². The molecular weight excluding hydrogens is 218 g/mol. The van der Waals surface area contributed by atoms with Gasteiger partial charge in [-0.3, -0.25) is 4.79 Å². The predicted octanol–water partition coefficient (Wildman–Crippen LogP) is -0.679. The van der Waals surface area contributed by atoms with E-state index in [1.807, 2.05) is 11.9 Å². The van der Waals surface area contributed by atoms with E-state index in [1.165, 1.54) is 0 Å². The molecule has 0 aromatic heterocycles. The van der Waals surface area contributed by atoms with Gasteiger partial charge in [0, 0.05) is 25.8 Å². The van der Waals surface area contributed by atoms with Crippen molar-refractivity contribution in [3.8, 4) is 0 Å². The molecule has 1 unspecified atom stereocenters. The van der Waals surface area contributed by atoms with Crippen LogP contribution >= 0.6 is 0 Å². The maximum atomic E-state index is 11.6. The van der Waals surface area contributed by atoms with Gasteiger partial charge in [-0.05, 0) is 7.05 Å². The summed E-state index contributed by atoms with van der Waals surface area (Å²) >= 11 is 0. The topological polar surface area (TPSA) is 63.7 Å². The fourth-order valence-electron chi connectivity index (χ4n) is 1.42. The number of sulfone groups is 1. The summed E-state index contributed by atoms with van der Waals surface area (Å²) in [7, 11) is -1.15. The zero-order chi connectivity index (χ0) is 11.5. The molecule has 0 bridgehead atoms. The zero-order valence-corrected chi connectivity index (χ0v) is 9.92. The summed E-state index contributed by atoms with van der Waals surface area (Å²) in [6.07, 6.45) is 0.733. The molecule has 1 rings (SSSR count). The number of morpholine rings is 1. The monoisotopic (exact) mass is 235 g/mol. The molecule has 0 spiro atoms. The van der Waals surface area contributed by atoms with Crippen molar-refractivity contribution in [2.45, 2.75) is 12.5 Å². The van der Waals surface area contributed by atoms with Crippen LogP contribution < -0.4 is 0 Å². The van der Waals surface area contributed by atoms with Gasteiger partial charge in [0.05, 0.1) is 12.4 Å². The van der Waals surface area contributed by atoms with Gasteiger partial charge in [-0.15, -0.1) is 0 Å². The number of carbonyl (C=O) groups excluding carboxylic acids is 1. The Kier molecular flexibility index (Phi) is 4.24. The normalized spacial score (nSPS) is 24.0. The highest BCUT2D eigenvalue weighted by Crippen LogP contribution is 2.06. The van der Waals surface area contributed by atoms with Gasteiger partial charge >= 0.3 is 0 Å². The lowest BCUT2D eigenvalue weighted by Crippen LogP contribution is -2.44. The number of rotatable bonds is 4. The number of nitrogens with zero attached hydrogens (tertiary/aromatic N) is 1. The minimum absolute atomic E-state index is 0.0529. The first kappa shape index (κ1) is 12.6. The van der Waals surface area contributed by atoms with E-state index in [9.17, 15) is 13.2 Å². The van der Waals surface area contributed by atoms with E-state index in [0.717, 1.165) is 12.8 Å². The van der Waals surface area contributed by atoms with Crippen molar-refractivity contribution in [3.05, 3.63) is 0 Å². The SMILES string of the molecule is CN1CCOC(C(=O)CCS(C)(=O)=O)C1. The van der Waals surface area contributed by atoms with E-state index in [4.69, 9.17) is 4.74 Å². The minimum Gasteiger partial charge on any atom is -0.368 e. The molecule has 88 valence electrons. The highest BCUT2D eigenvalue weighted by atomic mass is 32.2. The lowest BCUT2D eigenvalue weighted by molar-refractivity contribution is -0.135. The Morgan fingerprint density at radius 2 is 2.20 bits per heavy atom. The van der Waals surface area contributed by atoms with Crippen LogP contribution in [0.4, 0.5) is 0 Å². The van der Waals surface area contributed by atoms with Gasteiger partial charge in [0.1, 0.15) is 15.9 Å². The van der Waals surface area contributed by atoms with Gasteiger partial charge in [0.25, 0.3) is 0 Å². The third kappa shape index (κ3) is 4.72. The number of ether oxygens (including phenoxy) is 1. The maximum Gasteiger partial charge on any atom is 0.163 e. The second-order valence-electron chi connectivity index (χ2n) is 3.97. The number of hydrogen-bond acceptors (Lipinski definition) is 5. The Balaban J connectivity index is 2.40. The van der Waals surface area contributed by atoms with Crippen molar-refractivity contribution >= 4 is 15.6 Å². The molecule has 0 saturated carbocycles. The largest absolute Gasteiger partial charge is 0.368 e. The first-order chi connectivity index (χ1) is 6.88. The number of carbonyl (C=O) groups is 1. The Hall–Kier alpha value is -0.460. The molecule has 1 atom stereocenters. The van der Waals surface area contributed by atoms with Crippen LogP contribution in [-0.4, -0.2) is 64.0 Å². The third-order valence-corrected chi connectivity index (χ3v) is 3.29. The lowest BCUT2D eigenvalue weighted by Gasteiger charge is -2.28. The average molecular weight is 235 g/mol. The minimum atomic E-state index is -3.06. The van der Waals surface area contributed by atoms with Gasteiger partial charge in [-0.2, -0.15) is 0 Å². The van der Waals surface area contributed by atoms with Crippen molar-refractivity contribution in [1.82, 2.24) is 4.90 Å². The van der Waals surface area contributed by atoms with Crippen LogP contribution in [0.5, 0.6) is 0 Å². The first-order valence-corrected chi connectivity index (χ1v) is 6.95. The summed E-state index contributed by atoms with van der Waals surface area (Å²) in [5.41, 5.74) is 0. The Morgan fingerprint density at radius 1 is 1.53 bits per heavy atom. The fraction of sp³-hybridized carbons (Fsp3) is 0.889. The zero-order valence-electron chi connectivity index (χ0n) is 9.10. The second kappa shape index (κ2) is 5.05. The molecule has 1 aliphatic rings. The predicted molar refractivity (Wildman–Crippen MR) is 56.6 cm³/mol. The van der Waals surface area contributed by atoms with E-state index in [2.05, 4.69) is 0 Å². The molecule has 5 nitrogen and oxygen atoms in total. The van der Waals surface area contributed by atoms with Crippen LogP contribution in [0.25, 0.3) is 0 Å². The highest BCUT2D eigenvalue weighted by molar-refractivity contribution is 7.90. The van der Waals surface area contributed by atoms with E-state index < -0.39 is 15.9 Å². The molecule has 0 aromatic carbocycles. The van der Waals surface area contributed by atoms with Crippen molar-refractivity contribution in [3.63, 3.8) is 0 Å². The summed E-state index contributed by atoms with van der Waals surface area (Å²) < 4.78 is 27.0. The Labute approximate surface area is 90.3 Å². The van der Waals surface area contributed by atoms with Crippen LogP contribution in [-0.2, 0) is 19.4 Å². The van der Waals surface area contributed by atoms with Crippen LogP contribution in [0.3, 0.4) is 0 Å². The third-order valence-electron chi connectivity index (χ3n) is 2.35. The average Bonchev–Trinajstić information content (AvgIpc) is 2.13. The Morgan fingerprint density at radius 3 is 2.73 bits per heavy atom. The van der Waals surface area contributed by atoms with Gasteiger partial charge in [-0.1, -0.05) is 0 Å². The van der Waals surface area contributed by atoms with E-state index >= 15 is 0 Å². The Bertz CT molecular complexity index is 325. The number of ketones is 1. The smallest absolute Gasteiger partial charge is 0.163 e. The lowest BCUT2D eigenvalue weighted by atomic mass is 10.1. The van der Waals surface area contributed by atoms with Crippen LogP contribution in [0.15, 0.2) is 0 Å². The molecule has 6 heteroatoms. The summed E-state index contributed by atoms with van der Waals surface area (Å²) in [6.45, 7) is 1.91. The number of likely N-dealkylation sites (N-methyl/N-ethyl adjacent to an activating group) is 1. The molecule has 0 radical (unpaired) electrons. The molecule has 15 heavy (non-hydrogen) atoms. The fourth-order valence-corrected chi connectivity index (χ4v) is 1.99. The van der Waals surface area contributed by atoms with Crippen molar-refractivity contribution in [2.75, 3.05) is 38.8 Å². The van der Waals surface area contributed by atoms with Gasteiger partial charge in [0.15, 0.2) is 5.78 Å². The number of hydrogen-bond donors (Lipinski definition) is 0. The maximum absolute atomic E-state index is 11.6. The molecule has 0 amide bonds. The number of Topliss-reactive ketones (excluding diaryl/α,β-unsaturated/α-hetero) is 1. The summed E-state index contributed by atoms with van der Waals surface area (Å²) in [5.74, 6) is -0.206. The van der Waals surface area contributed by atoms with Crippen LogP contribution in [0, 0.1) is 0 Å². The molecule has 0 N–H and O–H groups in total. The van der Waals surface area contributed by atoms with Crippen molar-refractivity contribution in [1.29, 1.82) is 0 Å². The quantitative estimate of drug-likeness (QED) is 0.646. The molecular formula is C9H17NO4S. The van der Waals surface area contributed by atoms with E-state index in [0.29, 0.717) is 13.2 Å².